The number of aryl methyl sites for hydroxylation is 2. The highest BCUT2D eigenvalue weighted by molar-refractivity contribution is 9.10. The number of nitrogens with two attached hydrogens (primary N) is 1. The van der Waals surface area contributed by atoms with Gasteiger partial charge in [0, 0.05) is 10.6 Å². The minimum absolute atomic E-state index is 0.452. The second-order valence-electron chi connectivity index (χ2n) is 4.01. The van der Waals surface area contributed by atoms with Gasteiger partial charge in [-0.1, -0.05) is 30.7 Å². The first-order chi connectivity index (χ1) is 8.52. The zero-order valence-electron chi connectivity index (χ0n) is 10.2. The molecule has 0 saturated carbocycles. The Morgan fingerprint density at radius 2 is 2.06 bits per heavy atom. The van der Waals surface area contributed by atoms with E-state index in [1.165, 1.54) is 0 Å². The van der Waals surface area contributed by atoms with Gasteiger partial charge in [-0.15, -0.1) is 0 Å². The normalized spacial score (nSPS) is 10.7. The molecule has 0 fully saturated rings. The van der Waals surface area contributed by atoms with Crippen molar-refractivity contribution in [2.75, 3.05) is 5.73 Å². The van der Waals surface area contributed by atoms with Gasteiger partial charge in [0.1, 0.15) is 5.82 Å². The summed E-state index contributed by atoms with van der Waals surface area (Å²) in [4.78, 5) is 8.78. The molecule has 18 heavy (non-hydrogen) atoms. The zero-order valence-corrected chi connectivity index (χ0v) is 12.5. The first-order valence-electron chi connectivity index (χ1n) is 5.61. The average molecular weight is 327 g/mol. The summed E-state index contributed by atoms with van der Waals surface area (Å²) in [6.45, 7) is 3.98. The van der Waals surface area contributed by atoms with Gasteiger partial charge in [0.15, 0.2) is 5.82 Å². The molecule has 2 aromatic rings. The molecule has 3 nitrogen and oxygen atoms in total. The van der Waals surface area contributed by atoms with Crippen molar-refractivity contribution in [3.05, 3.63) is 39.0 Å². The molecule has 0 atom stereocenters. The van der Waals surface area contributed by atoms with Crippen LogP contribution < -0.4 is 5.73 Å². The fourth-order valence-electron chi connectivity index (χ4n) is 1.61. The molecule has 0 saturated heterocycles. The molecule has 2 N–H and O–H groups in total. The predicted molar refractivity (Wildman–Crippen MR) is 78.7 cm³/mol. The van der Waals surface area contributed by atoms with Gasteiger partial charge in [0.05, 0.1) is 10.2 Å². The summed E-state index contributed by atoms with van der Waals surface area (Å²) in [5.74, 6) is 1.06. The molecule has 1 aromatic carbocycles. The van der Waals surface area contributed by atoms with Gasteiger partial charge in [-0.2, -0.15) is 0 Å². The zero-order chi connectivity index (χ0) is 13.3. The quantitative estimate of drug-likeness (QED) is 0.907. The molecule has 0 radical (unpaired) electrons. The number of benzene rings is 1. The molecule has 0 aliphatic rings. The lowest BCUT2D eigenvalue weighted by Gasteiger charge is -2.08. The Morgan fingerprint density at radius 3 is 2.67 bits per heavy atom. The van der Waals surface area contributed by atoms with Crippen LogP contribution in [0.25, 0.3) is 11.4 Å². The Bertz CT molecular complexity index is 599. The van der Waals surface area contributed by atoms with E-state index in [9.17, 15) is 0 Å². The third-order valence-electron chi connectivity index (χ3n) is 2.71. The fourth-order valence-corrected chi connectivity index (χ4v) is 2.25. The van der Waals surface area contributed by atoms with Gasteiger partial charge in [0.25, 0.3) is 0 Å². The van der Waals surface area contributed by atoms with Crippen LogP contribution in [0.1, 0.15) is 18.2 Å². The van der Waals surface area contributed by atoms with E-state index in [2.05, 4.69) is 25.9 Å². The summed E-state index contributed by atoms with van der Waals surface area (Å²) < 4.78 is 0.770. The number of nitrogens with zero attached hydrogens (tertiary/aromatic N) is 2. The Hall–Kier alpha value is -1.13. The van der Waals surface area contributed by atoms with E-state index >= 15 is 0 Å². The van der Waals surface area contributed by atoms with Crippen molar-refractivity contribution in [3.63, 3.8) is 0 Å². The van der Waals surface area contributed by atoms with Gasteiger partial charge >= 0.3 is 0 Å². The highest BCUT2D eigenvalue weighted by Gasteiger charge is 2.10. The van der Waals surface area contributed by atoms with E-state index in [-0.39, 0.29) is 0 Å². The fraction of sp³-hybridized carbons (Fsp3) is 0.231. The summed E-state index contributed by atoms with van der Waals surface area (Å²) in [5, 5.41) is 0.704. The molecule has 0 aliphatic heterocycles. The highest BCUT2D eigenvalue weighted by Crippen LogP contribution is 2.27. The van der Waals surface area contributed by atoms with E-state index in [1.807, 2.05) is 32.0 Å². The molecule has 0 bridgehead atoms. The van der Waals surface area contributed by atoms with E-state index in [0.29, 0.717) is 16.7 Å². The number of halogens is 2. The number of anilines is 1. The molecule has 1 aromatic heterocycles. The smallest absolute Gasteiger partial charge is 0.161 e. The number of rotatable bonds is 2. The summed E-state index contributed by atoms with van der Waals surface area (Å²) >= 11 is 9.51. The number of hydrogen-bond acceptors (Lipinski definition) is 3. The monoisotopic (exact) mass is 325 g/mol. The lowest BCUT2D eigenvalue weighted by Crippen LogP contribution is -2.02. The van der Waals surface area contributed by atoms with Crippen LogP contribution in [0.4, 0.5) is 5.82 Å². The van der Waals surface area contributed by atoms with Crippen LogP contribution in [-0.4, -0.2) is 9.97 Å². The van der Waals surface area contributed by atoms with Gasteiger partial charge in [-0.25, -0.2) is 9.97 Å². The summed E-state index contributed by atoms with van der Waals surface area (Å²) in [6.07, 6.45) is 0.792. The second kappa shape index (κ2) is 5.24. The van der Waals surface area contributed by atoms with Crippen LogP contribution in [0.15, 0.2) is 22.7 Å². The Labute approximate surface area is 120 Å². The van der Waals surface area contributed by atoms with E-state index < -0.39 is 0 Å². The molecule has 94 valence electrons. The molecular weight excluding hydrogens is 314 g/mol. The Balaban J connectivity index is 2.57. The maximum Gasteiger partial charge on any atom is 0.161 e. The van der Waals surface area contributed by atoms with Gasteiger partial charge in [0.2, 0.25) is 0 Å². The second-order valence-corrected chi connectivity index (χ2v) is 5.21. The van der Waals surface area contributed by atoms with Crippen LogP contribution in [0.3, 0.4) is 0 Å². The van der Waals surface area contributed by atoms with Gasteiger partial charge in [-0.05, 0) is 40.9 Å². The van der Waals surface area contributed by atoms with E-state index in [1.54, 1.807) is 0 Å². The first kappa shape index (κ1) is 13.3. The van der Waals surface area contributed by atoms with Crippen molar-refractivity contribution < 1.29 is 0 Å². The van der Waals surface area contributed by atoms with Crippen LogP contribution in [0.5, 0.6) is 0 Å². The van der Waals surface area contributed by atoms with E-state index in [4.69, 9.17) is 17.3 Å². The summed E-state index contributed by atoms with van der Waals surface area (Å²) in [7, 11) is 0. The van der Waals surface area contributed by atoms with Crippen LogP contribution in [-0.2, 0) is 6.42 Å². The van der Waals surface area contributed by atoms with Crippen molar-refractivity contribution in [1.82, 2.24) is 9.97 Å². The molecule has 2 rings (SSSR count). The van der Waals surface area contributed by atoms with Crippen molar-refractivity contribution in [1.29, 1.82) is 0 Å². The molecule has 0 spiro atoms. The number of nitrogen functional groups attached to an aromatic ring is 1. The molecule has 1 heterocycles. The maximum absolute atomic E-state index is 6.11. The molecular formula is C13H13BrClN3. The predicted octanol–water partition coefficient (Wildman–Crippen LogP) is 4.01. The number of hydrogen-bond donors (Lipinski definition) is 1. The highest BCUT2D eigenvalue weighted by atomic mass is 79.9. The van der Waals surface area contributed by atoms with Crippen LogP contribution in [0.2, 0.25) is 5.02 Å². The standard InChI is InChI=1S/C13H13BrClN3/c1-3-10-11(14)12(16)18-13(17-10)8-5-4-7(2)9(15)6-8/h4-6H,3H2,1-2H3,(H2,16,17,18). The molecule has 0 unspecified atom stereocenters. The minimum Gasteiger partial charge on any atom is -0.383 e. The van der Waals surface area contributed by atoms with Crippen molar-refractivity contribution in [2.24, 2.45) is 0 Å². The van der Waals surface area contributed by atoms with Crippen molar-refractivity contribution in [3.8, 4) is 11.4 Å². The maximum atomic E-state index is 6.11. The lowest BCUT2D eigenvalue weighted by molar-refractivity contribution is 0.995. The molecule has 0 aliphatic carbocycles. The van der Waals surface area contributed by atoms with Crippen LogP contribution >= 0.6 is 27.5 Å². The Morgan fingerprint density at radius 1 is 1.33 bits per heavy atom. The topological polar surface area (TPSA) is 51.8 Å². The molecule has 0 amide bonds. The van der Waals surface area contributed by atoms with Crippen molar-refractivity contribution in [2.45, 2.75) is 20.3 Å². The Kier molecular flexibility index (Phi) is 3.88. The van der Waals surface area contributed by atoms with Gasteiger partial charge in [-0.3, -0.25) is 0 Å². The number of aromatic nitrogens is 2. The lowest BCUT2D eigenvalue weighted by atomic mass is 10.1. The average Bonchev–Trinajstić information content (AvgIpc) is 2.36. The molecule has 5 heteroatoms. The van der Waals surface area contributed by atoms with E-state index in [0.717, 1.165) is 27.7 Å². The van der Waals surface area contributed by atoms with Crippen LogP contribution in [0, 0.1) is 6.92 Å². The SMILES string of the molecule is CCc1nc(-c2ccc(C)c(Cl)c2)nc(N)c1Br. The van der Waals surface area contributed by atoms with Crippen molar-refractivity contribution >= 4 is 33.3 Å². The third kappa shape index (κ3) is 2.49. The largest absolute Gasteiger partial charge is 0.383 e. The summed E-state index contributed by atoms with van der Waals surface area (Å²) in [5.41, 5.74) is 8.67. The van der Waals surface area contributed by atoms with Gasteiger partial charge < -0.3 is 5.73 Å². The minimum atomic E-state index is 0.452. The first-order valence-corrected chi connectivity index (χ1v) is 6.78. The summed E-state index contributed by atoms with van der Waals surface area (Å²) in [6, 6.07) is 5.76. The third-order valence-corrected chi connectivity index (χ3v) is 3.98.